The highest BCUT2D eigenvalue weighted by Gasteiger charge is 2.58. The molecule has 0 aromatic rings. The molecule has 2 rings (SSSR count). The van der Waals surface area contributed by atoms with Crippen LogP contribution in [0.2, 0.25) is 0 Å². The molecule has 2 fully saturated rings. The van der Waals surface area contributed by atoms with Gasteiger partial charge in [0.05, 0.1) is 19.3 Å². The van der Waals surface area contributed by atoms with Crippen LogP contribution in [0.4, 0.5) is 0 Å². The molecule has 1 saturated heterocycles. The van der Waals surface area contributed by atoms with E-state index in [1.54, 1.807) is 0 Å². The predicted molar refractivity (Wildman–Crippen MR) is 65.9 cm³/mol. The Bertz CT molecular complexity index is 245. The molecule has 100 valence electrons. The summed E-state index contributed by atoms with van der Waals surface area (Å²) in [6.45, 7) is 7.79. The lowest BCUT2D eigenvalue weighted by atomic mass is 9.57. The smallest absolute Gasteiger partial charge is 0.0697 e. The second kappa shape index (κ2) is 5.65. The number of aliphatic hydroxyl groups is 1. The fourth-order valence-corrected chi connectivity index (χ4v) is 3.34. The van der Waals surface area contributed by atoms with Gasteiger partial charge in [-0.3, -0.25) is 0 Å². The Morgan fingerprint density at radius 2 is 2.24 bits per heavy atom. The standard InChI is InChI=1S/C13H25NO3/c1-13(2)11(10-4-8-17-12(10)13)14-5-3-7-16-9-6-15/h10-12,14-15H,3-9H2,1-2H3. The van der Waals surface area contributed by atoms with Crippen molar-refractivity contribution in [3.8, 4) is 0 Å². The summed E-state index contributed by atoms with van der Waals surface area (Å²) in [6.07, 6.45) is 2.67. The first kappa shape index (κ1) is 13.3. The molecule has 3 unspecified atom stereocenters. The number of fused-ring (bicyclic) bond motifs is 1. The van der Waals surface area contributed by atoms with Gasteiger partial charge in [0.25, 0.3) is 0 Å². The van der Waals surface area contributed by atoms with E-state index in [1.807, 2.05) is 0 Å². The van der Waals surface area contributed by atoms with Crippen molar-refractivity contribution in [2.75, 3.05) is 33.0 Å². The topological polar surface area (TPSA) is 50.7 Å². The third-order valence-electron chi connectivity index (χ3n) is 4.17. The predicted octanol–water partition coefficient (Wildman–Crippen LogP) is 0.788. The second-order valence-corrected chi connectivity index (χ2v) is 5.69. The number of aliphatic hydroxyl groups excluding tert-OH is 1. The first-order valence-electron chi connectivity index (χ1n) is 6.71. The first-order chi connectivity index (χ1) is 8.18. The summed E-state index contributed by atoms with van der Waals surface area (Å²) in [7, 11) is 0. The Hall–Kier alpha value is -0.160. The van der Waals surface area contributed by atoms with Crippen molar-refractivity contribution in [1.82, 2.24) is 5.32 Å². The van der Waals surface area contributed by atoms with Crippen molar-refractivity contribution >= 4 is 0 Å². The summed E-state index contributed by atoms with van der Waals surface area (Å²) >= 11 is 0. The lowest BCUT2D eigenvalue weighted by molar-refractivity contribution is -0.112. The number of nitrogens with one attached hydrogen (secondary N) is 1. The zero-order chi connectivity index (χ0) is 12.3. The Labute approximate surface area is 104 Å². The summed E-state index contributed by atoms with van der Waals surface area (Å²) in [4.78, 5) is 0. The second-order valence-electron chi connectivity index (χ2n) is 5.69. The molecule has 0 aromatic carbocycles. The van der Waals surface area contributed by atoms with Gasteiger partial charge in [-0.05, 0) is 19.4 Å². The van der Waals surface area contributed by atoms with Crippen LogP contribution in [0.15, 0.2) is 0 Å². The highest BCUT2D eigenvalue weighted by molar-refractivity contribution is 5.11. The van der Waals surface area contributed by atoms with Crippen LogP contribution in [-0.2, 0) is 9.47 Å². The molecule has 17 heavy (non-hydrogen) atoms. The van der Waals surface area contributed by atoms with E-state index in [9.17, 15) is 0 Å². The van der Waals surface area contributed by atoms with E-state index in [2.05, 4.69) is 19.2 Å². The molecule has 1 aliphatic carbocycles. The van der Waals surface area contributed by atoms with Crippen LogP contribution in [0.1, 0.15) is 26.7 Å². The van der Waals surface area contributed by atoms with Crippen molar-refractivity contribution in [3.63, 3.8) is 0 Å². The van der Waals surface area contributed by atoms with Gasteiger partial charge >= 0.3 is 0 Å². The number of hydrogen-bond donors (Lipinski definition) is 2. The van der Waals surface area contributed by atoms with E-state index in [1.165, 1.54) is 6.42 Å². The van der Waals surface area contributed by atoms with Gasteiger partial charge in [0, 0.05) is 30.6 Å². The molecule has 0 amide bonds. The van der Waals surface area contributed by atoms with E-state index in [-0.39, 0.29) is 12.0 Å². The van der Waals surface area contributed by atoms with Crippen molar-refractivity contribution in [3.05, 3.63) is 0 Å². The maximum absolute atomic E-state index is 8.58. The van der Waals surface area contributed by atoms with Crippen LogP contribution in [0.5, 0.6) is 0 Å². The molecule has 4 heteroatoms. The minimum atomic E-state index is 0.115. The monoisotopic (exact) mass is 243 g/mol. The SMILES string of the molecule is CC1(C)C(NCCCOCCO)C2CCOC21. The van der Waals surface area contributed by atoms with Gasteiger partial charge in [0.1, 0.15) is 0 Å². The molecular formula is C13H25NO3. The zero-order valence-corrected chi connectivity index (χ0v) is 10.9. The third kappa shape index (κ3) is 2.65. The Morgan fingerprint density at radius 1 is 1.41 bits per heavy atom. The largest absolute Gasteiger partial charge is 0.394 e. The van der Waals surface area contributed by atoms with Crippen LogP contribution in [0.25, 0.3) is 0 Å². The van der Waals surface area contributed by atoms with Crippen LogP contribution < -0.4 is 5.32 Å². The molecule has 0 spiro atoms. The molecule has 3 atom stereocenters. The number of ether oxygens (including phenoxy) is 2. The number of hydrogen-bond acceptors (Lipinski definition) is 4. The molecule has 2 aliphatic rings. The van der Waals surface area contributed by atoms with Crippen LogP contribution in [0.3, 0.4) is 0 Å². The molecule has 0 aromatic heterocycles. The minimum absolute atomic E-state index is 0.115. The summed E-state index contributed by atoms with van der Waals surface area (Å²) in [5.74, 6) is 0.711. The molecule has 0 bridgehead atoms. The van der Waals surface area contributed by atoms with E-state index >= 15 is 0 Å². The van der Waals surface area contributed by atoms with Gasteiger partial charge in [-0.1, -0.05) is 13.8 Å². The van der Waals surface area contributed by atoms with Crippen LogP contribution >= 0.6 is 0 Å². The maximum Gasteiger partial charge on any atom is 0.0697 e. The molecule has 1 heterocycles. The van der Waals surface area contributed by atoms with Gasteiger partial charge in [-0.15, -0.1) is 0 Å². The van der Waals surface area contributed by atoms with Crippen molar-refractivity contribution in [2.45, 2.75) is 38.8 Å². The Morgan fingerprint density at radius 3 is 3.00 bits per heavy atom. The maximum atomic E-state index is 8.58. The van der Waals surface area contributed by atoms with Crippen LogP contribution in [0, 0.1) is 11.3 Å². The fourth-order valence-electron chi connectivity index (χ4n) is 3.34. The average molecular weight is 243 g/mol. The van der Waals surface area contributed by atoms with E-state index < -0.39 is 0 Å². The van der Waals surface area contributed by atoms with Crippen LogP contribution in [-0.4, -0.2) is 50.2 Å². The van der Waals surface area contributed by atoms with Gasteiger partial charge < -0.3 is 19.9 Å². The van der Waals surface area contributed by atoms with E-state index in [0.29, 0.717) is 24.7 Å². The molecule has 1 aliphatic heterocycles. The van der Waals surface area contributed by atoms with E-state index in [4.69, 9.17) is 14.6 Å². The van der Waals surface area contributed by atoms with Crippen molar-refractivity contribution < 1.29 is 14.6 Å². The zero-order valence-electron chi connectivity index (χ0n) is 10.9. The minimum Gasteiger partial charge on any atom is -0.394 e. The quantitative estimate of drug-likeness (QED) is 0.649. The van der Waals surface area contributed by atoms with E-state index in [0.717, 1.165) is 26.2 Å². The first-order valence-corrected chi connectivity index (χ1v) is 6.71. The van der Waals surface area contributed by atoms with Crippen molar-refractivity contribution in [1.29, 1.82) is 0 Å². The fraction of sp³-hybridized carbons (Fsp3) is 1.00. The summed E-state index contributed by atoms with van der Waals surface area (Å²) in [5.41, 5.74) is 0.271. The molecule has 1 saturated carbocycles. The average Bonchev–Trinajstić information content (AvgIpc) is 2.74. The summed E-state index contributed by atoms with van der Waals surface area (Å²) < 4.78 is 11.0. The van der Waals surface area contributed by atoms with Gasteiger partial charge in [-0.2, -0.15) is 0 Å². The Kier molecular flexibility index (Phi) is 4.42. The van der Waals surface area contributed by atoms with Gasteiger partial charge in [0.15, 0.2) is 0 Å². The Balaban J connectivity index is 1.63. The molecular weight excluding hydrogens is 218 g/mol. The lowest BCUT2D eigenvalue weighted by Gasteiger charge is -2.55. The van der Waals surface area contributed by atoms with Gasteiger partial charge in [0.2, 0.25) is 0 Å². The third-order valence-corrected chi connectivity index (χ3v) is 4.17. The number of rotatable bonds is 7. The lowest BCUT2D eigenvalue weighted by Crippen LogP contribution is -2.65. The molecule has 4 nitrogen and oxygen atoms in total. The highest BCUT2D eigenvalue weighted by atomic mass is 16.5. The van der Waals surface area contributed by atoms with Gasteiger partial charge in [-0.25, -0.2) is 0 Å². The summed E-state index contributed by atoms with van der Waals surface area (Å²) in [6, 6.07) is 0.591. The molecule has 2 N–H and O–H groups in total. The highest BCUT2D eigenvalue weighted by Crippen LogP contribution is 2.51. The van der Waals surface area contributed by atoms with Crippen molar-refractivity contribution in [2.24, 2.45) is 11.3 Å². The normalized spacial score (nSPS) is 34.4. The molecule has 0 radical (unpaired) electrons. The summed E-state index contributed by atoms with van der Waals surface area (Å²) in [5, 5.41) is 12.2.